The molecule has 0 fully saturated rings. The van der Waals surface area contributed by atoms with Gasteiger partial charge in [0.2, 0.25) is 0 Å². The van der Waals surface area contributed by atoms with Crippen molar-refractivity contribution in [2.75, 3.05) is 13.7 Å². The molecule has 1 rings (SSSR count). The average Bonchev–Trinajstić information content (AvgIpc) is 2.46. The van der Waals surface area contributed by atoms with Gasteiger partial charge in [-0.25, -0.2) is 0 Å². The quantitative estimate of drug-likeness (QED) is 0.571. The Morgan fingerprint density at radius 3 is 2.32 bits per heavy atom. The van der Waals surface area contributed by atoms with Crippen LogP contribution in [-0.4, -0.2) is 19.5 Å². The van der Waals surface area contributed by atoms with Crippen LogP contribution in [0.25, 0.3) is 0 Å². The minimum Gasteiger partial charge on any atom is -0.384 e. The van der Waals surface area contributed by atoms with Gasteiger partial charge >= 0.3 is 0 Å². The summed E-state index contributed by atoms with van der Waals surface area (Å²) in [5.41, 5.74) is 2.31. The van der Waals surface area contributed by atoms with E-state index in [9.17, 15) is 4.79 Å². The lowest BCUT2D eigenvalue weighted by Crippen LogP contribution is -2.23. The van der Waals surface area contributed by atoms with Crippen LogP contribution >= 0.6 is 0 Å². The fraction of sp³-hybridized carbons (Fsp3) is 0.650. The minimum atomic E-state index is 0.0184. The smallest absolute Gasteiger partial charge is 0.162 e. The monoisotopic (exact) mass is 304 g/mol. The zero-order valence-electron chi connectivity index (χ0n) is 15.2. The highest BCUT2D eigenvalue weighted by Crippen LogP contribution is 2.34. The van der Waals surface area contributed by atoms with E-state index in [2.05, 4.69) is 33.8 Å². The molecule has 2 nitrogen and oxygen atoms in total. The molecule has 0 aromatic heterocycles. The molecule has 0 saturated heterocycles. The normalized spacial score (nSPS) is 12.5. The molecule has 124 valence electrons. The summed E-state index contributed by atoms with van der Waals surface area (Å²) < 4.78 is 5.29. The van der Waals surface area contributed by atoms with E-state index in [4.69, 9.17) is 4.74 Å². The van der Waals surface area contributed by atoms with Crippen LogP contribution < -0.4 is 0 Å². The highest BCUT2D eigenvalue weighted by molar-refractivity contribution is 5.97. The molecule has 0 unspecified atom stereocenters. The first-order valence-electron chi connectivity index (χ1n) is 8.35. The lowest BCUT2D eigenvalue weighted by molar-refractivity contribution is 0.0948. The first-order chi connectivity index (χ1) is 10.2. The number of carbonyl (C=O) groups is 1. The molecular formula is C20H32O2. The molecular weight excluding hydrogens is 272 g/mol. The molecule has 0 aliphatic heterocycles. The van der Waals surface area contributed by atoms with Crippen molar-refractivity contribution in [3.05, 3.63) is 35.4 Å². The van der Waals surface area contributed by atoms with Gasteiger partial charge < -0.3 is 4.74 Å². The summed E-state index contributed by atoms with van der Waals surface area (Å²) in [6, 6.07) is 8.09. The number of ether oxygens (including phenoxy) is 1. The van der Waals surface area contributed by atoms with Gasteiger partial charge in [0.05, 0.1) is 6.61 Å². The van der Waals surface area contributed by atoms with E-state index in [-0.39, 0.29) is 16.6 Å². The van der Waals surface area contributed by atoms with Crippen LogP contribution in [-0.2, 0) is 10.2 Å². The second-order valence-electron chi connectivity index (χ2n) is 7.66. The van der Waals surface area contributed by atoms with Crippen molar-refractivity contribution >= 4 is 5.78 Å². The van der Waals surface area contributed by atoms with E-state index in [0.717, 1.165) is 31.4 Å². The van der Waals surface area contributed by atoms with Crippen LogP contribution in [0.4, 0.5) is 0 Å². The topological polar surface area (TPSA) is 26.3 Å². The van der Waals surface area contributed by atoms with Crippen molar-refractivity contribution in [1.82, 2.24) is 0 Å². The Balaban J connectivity index is 2.81. The highest BCUT2D eigenvalue weighted by atomic mass is 16.5. The Bertz CT molecular complexity index is 486. The van der Waals surface area contributed by atoms with E-state index in [0.29, 0.717) is 6.42 Å². The van der Waals surface area contributed by atoms with Gasteiger partial charge in [-0.3, -0.25) is 4.79 Å². The molecule has 0 aliphatic rings. The van der Waals surface area contributed by atoms with Crippen molar-refractivity contribution in [2.24, 2.45) is 5.41 Å². The third kappa shape index (κ3) is 5.24. The van der Waals surface area contributed by atoms with E-state index < -0.39 is 0 Å². The van der Waals surface area contributed by atoms with E-state index in [1.165, 1.54) is 5.56 Å². The van der Waals surface area contributed by atoms with Gasteiger partial charge in [0, 0.05) is 19.1 Å². The maximum atomic E-state index is 12.2. The molecule has 0 atom stereocenters. The molecule has 0 N–H and O–H groups in total. The zero-order chi connectivity index (χ0) is 16.8. The minimum absolute atomic E-state index is 0.0184. The number of hydrogen-bond acceptors (Lipinski definition) is 2. The molecule has 0 saturated carbocycles. The molecule has 0 aliphatic carbocycles. The van der Waals surface area contributed by atoms with E-state index in [1.54, 1.807) is 7.11 Å². The molecule has 2 heteroatoms. The fourth-order valence-corrected chi connectivity index (χ4v) is 3.11. The molecule has 1 aromatic carbocycles. The number of carbonyl (C=O) groups excluding carboxylic acids is 1. The second-order valence-corrected chi connectivity index (χ2v) is 7.66. The number of benzene rings is 1. The van der Waals surface area contributed by atoms with Gasteiger partial charge in [0.1, 0.15) is 0 Å². The predicted octanol–water partition coefficient (Wildman–Crippen LogP) is 5.40. The Labute approximate surface area is 136 Å². The van der Waals surface area contributed by atoms with Crippen LogP contribution in [0.5, 0.6) is 0 Å². The first-order valence-corrected chi connectivity index (χ1v) is 8.35. The zero-order valence-corrected chi connectivity index (χ0v) is 15.2. The Kier molecular flexibility index (Phi) is 6.80. The molecule has 0 radical (unpaired) electrons. The maximum Gasteiger partial charge on any atom is 0.162 e. The summed E-state index contributed by atoms with van der Waals surface area (Å²) in [5, 5.41) is 0. The maximum absolute atomic E-state index is 12.2. The van der Waals surface area contributed by atoms with Crippen molar-refractivity contribution in [3.63, 3.8) is 0 Å². The van der Waals surface area contributed by atoms with Crippen LogP contribution in [0.2, 0.25) is 0 Å². The first kappa shape index (κ1) is 18.9. The number of hydrogen-bond donors (Lipinski definition) is 0. The van der Waals surface area contributed by atoms with Crippen LogP contribution in [0, 0.1) is 5.41 Å². The van der Waals surface area contributed by atoms with Gasteiger partial charge in [0.15, 0.2) is 5.78 Å². The molecule has 22 heavy (non-hydrogen) atoms. The summed E-state index contributed by atoms with van der Waals surface area (Å²) >= 11 is 0. The summed E-state index contributed by atoms with van der Waals surface area (Å²) in [5.74, 6) is 0.239. The van der Waals surface area contributed by atoms with Crippen molar-refractivity contribution < 1.29 is 9.53 Å². The molecule has 0 amide bonds. The third-order valence-corrected chi connectivity index (χ3v) is 4.47. The third-order valence-electron chi connectivity index (χ3n) is 4.47. The van der Waals surface area contributed by atoms with Crippen LogP contribution in [0.3, 0.4) is 0 Å². The SMILES string of the molecule is CCC(=O)c1ccccc1C(C)(C)CCCC(C)(C)COC. The number of Topliss-reactive ketones (excluding diaryl/α,β-unsaturated/α-hetero) is 1. The number of ketones is 1. The van der Waals surface area contributed by atoms with Crippen molar-refractivity contribution in [3.8, 4) is 0 Å². The second kappa shape index (κ2) is 7.92. The van der Waals surface area contributed by atoms with Gasteiger partial charge in [-0.05, 0) is 29.2 Å². The average molecular weight is 304 g/mol. The Morgan fingerprint density at radius 2 is 1.73 bits per heavy atom. The number of methoxy groups -OCH3 is 1. The summed E-state index contributed by atoms with van der Waals surface area (Å²) in [6.45, 7) is 11.7. The molecule has 0 bridgehead atoms. The Hall–Kier alpha value is -1.15. The van der Waals surface area contributed by atoms with Crippen LogP contribution in [0.1, 0.15) is 76.2 Å². The van der Waals surface area contributed by atoms with Gasteiger partial charge in [-0.1, -0.05) is 65.3 Å². The summed E-state index contributed by atoms with van der Waals surface area (Å²) in [4.78, 5) is 12.2. The van der Waals surface area contributed by atoms with Crippen molar-refractivity contribution in [1.29, 1.82) is 0 Å². The molecule has 1 aromatic rings. The lowest BCUT2D eigenvalue weighted by Gasteiger charge is -2.30. The lowest BCUT2D eigenvalue weighted by atomic mass is 9.75. The van der Waals surface area contributed by atoms with Gasteiger partial charge in [0.25, 0.3) is 0 Å². The highest BCUT2D eigenvalue weighted by Gasteiger charge is 2.26. The van der Waals surface area contributed by atoms with Gasteiger partial charge in [-0.2, -0.15) is 0 Å². The Morgan fingerprint density at radius 1 is 1.09 bits per heavy atom. The summed E-state index contributed by atoms with van der Waals surface area (Å²) in [6.07, 6.45) is 3.91. The van der Waals surface area contributed by atoms with E-state index in [1.807, 2.05) is 25.1 Å². The fourth-order valence-electron chi connectivity index (χ4n) is 3.11. The number of rotatable bonds is 9. The van der Waals surface area contributed by atoms with E-state index >= 15 is 0 Å². The largest absolute Gasteiger partial charge is 0.384 e. The van der Waals surface area contributed by atoms with Crippen LogP contribution in [0.15, 0.2) is 24.3 Å². The van der Waals surface area contributed by atoms with Crippen molar-refractivity contribution in [2.45, 2.75) is 65.7 Å². The summed E-state index contributed by atoms with van der Waals surface area (Å²) in [7, 11) is 1.76. The molecule has 0 spiro atoms. The molecule has 0 heterocycles. The van der Waals surface area contributed by atoms with Gasteiger partial charge in [-0.15, -0.1) is 0 Å². The predicted molar refractivity (Wildman–Crippen MR) is 93.6 cm³/mol. The standard InChI is InChI=1S/C20H32O2/c1-7-18(21)16-11-8-9-12-17(16)20(4,5)14-10-13-19(2,3)15-22-6/h8-9,11-12H,7,10,13-15H2,1-6H3.